The Kier molecular flexibility index (Phi) is 7.81. The molecule has 3 rings (SSSR count). The van der Waals surface area contributed by atoms with Gasteiger partial charge in [0, 0.05) is 29.5 Å². The van der Waals surface area contributed by atoms with Gasteiger partial charge in [0.2, 0.25) is 10.0 Å². The minimum atomic E-state index is -3.69. The van der Waals surface area contributed by atoms with E-state index >= 15 is 0 Å². The van der Waals surface area contributed by atoms with Gasteiger partial charge in [-0.3, -0.25) is 4.79 Å². The van der Waals surface area contributed by atoms with E-state index in [1.54, 1.807) is 19.1 Å². The van der Waals surface area contributed by atoms with Gasteiger partial charge < -0.3 is 4.74 Å². The van der Waals surface area contributed by atoms with Gasteiger partial charge in [-0.05, 0) is 43.0 Å². The number of ether oxygens (including phenoxy) is 1. The van der Waals surface area contributed by atoms with Gasteiger partial charge in [-0.1, -0.05) is 19.1 Å². The van der Waals surface area contributed by atoms with Crippen LogP contribution in [0.1, 0.15) is 39.7 Å². The summed E-state index contributed by atoms with van der Waals surface area (Å²) in [6.07, 6.45) is 1.31. The van der Waals surface area contributed by atoms with Gasteiger partial charge >= 0.3 is 0 Å². The molecule has 1 aromatic heterocycles. The summed E-state index contributed by atoms with van der Waals surface area (Å²) in [5.41, 5.74) is 1.61. The normalized spacial score (nSPS) is 16.8. The van der Waals surface area contributed by atoms with Crippen molar-refractivity contribution in [1.29, 1.82) is 0 Å². The third-order valence-electron chi connectivity index (χ3n) is 4.51. The van der Waals surface area contributed by atoms with Crippen molar-refractivity contribution in [3.63, 3.8) is 0 Å². The maximum Gasteiger partial charge on any atom is 0.250 e. The molecule has 0 bridgehead atoms. The van der Waals surface area contributed by atoms with Crippen LogP contribution in [0, 0.1) is 12.7 Å². The van der Waals surface area contributed by atoms with Crippen LogP contribution < -0.4 is 4.72 Å². The molecule has 28 heavy (non-hydrogen) atoms. The first-order valence-electron chi connectivity index (χ1n) is 8.81. The fraction of sp³-hybridized carbons (Fsp3) is 0.421. The molecule has 0 amide bonds. The zero-order valence-electron chi connectivity index (χ0n) is 15.7. The Morgan fingerprint density at radius 1 is 1.36 bits per heavy atom. The zero-order valence-corrected chi connectivity index (χ0v) is 18.4. The van der Waals surface area contributed by atoms with Crippen LogP contribution in [0.3, 0.4) is 0 Å². The number of benzene rings is 1. The molecule has 0 radical (unpaired) electrons. The quantitative estimate of drug-likeness (QED) is 0.664. The van der Waals surface area contributed by atoms with E-state index < -0.39 is 10.0 Å². The first-order chi connectivity index (χ1) is 12.8. The van der Waals surface area contributed by atoms with Crippen molar-refractivity contribution in [3.05, 3.63) is 51.7 Å². The second kappa shape index (κ2) is 9.49. The van der Waals surface area contributed by atoms with Crippen molar-refractivity contribution >= 4 is 40.6 Å². The van der Waals surface area contributed by atoms with Crippen molar-refractivity contribution in [2.75, 3.05) is 13.2 Å². The predicted molar refractivity (Wildman–Crippen MR) is 113 cm³/mol. The number of hydrogen-bond acceptors (Lipinski definition) is 5. The number of aryl methyl sites for hydroxylation is 2. The molecule has 0 spiro atoms. The van der Waals surface area contributed by atoms with Gasteiger partial charge in [-0.25, -0.2) is 17.5 Å². The van der Waals surface area contributed by atoms with Gasteiger partial charge in [0.1, 0.15) is 10.0 Å². The highest BCUT2D eigenvalue weighted by atomic mass is 32.2. The van der Waals surface area contributed by atoms with E-state index in [9.17, 15) is 17.6 Å². The second-order valence-corrected chi connectivity index (χ2v) is 9.70. The van der Waals surface area contributed by atoms with Crippen molar-refractivity contribution < 1.29 is 22.3 Å². The number of carbonyl (C=O) groups excluding carboxylic acids is 1. The molecule has 1 atom stereocenters. The summed E-state index contributed by atoms with van der Waals surface area (Å²) >= 11 is 1.12. The first kappa shape index (κ1) is 23.0. The number of halogens is 1. The van der Waals surface area contributed by atoms with E-state index in [0.29, 0.717) is 42.7 Å². The lowest BCUT2D eigenvalue weighted by molar-refractivity contribution is 0.0992. The molecule has 0 saturated carbocycles. The Bertz CT molecular complexity index is 950. The molecule has 2 heterocycles. The highest BCUT2D eigenvalue weighted by Crippen LogP contribution is 2.29. The molecule has 154 valence electrons. The minimum Gasteiger partial charge on any atom is -0.380 e. The van der Waals surface area contributed by atoms with Crippen molar-refractivity contribution in [2.24, 2.45) is 0 Å². The molecule has 2 aromatic rings. The maximum atomic E-state index is 13.4. The Hall–Kier alpha value is -1.26. The average Bonchev–Trinajstić information content (AvgIpc) is 3.27. The van der Waals surface area contributed by atoms with E-state index in [0.717, 1.165) is 16.2 Å². The summed E-state index contributed by atoms with van der Waals surface area (Å²) in [7, 11) is -3.69. The van der Waals surface area contributed by atoms with Gasteiger partial charge in [-0.15, -0.1) is 11.3 Å². The Morgan fingerprint density at radius 2 is 2.11 bits per heavy atom. The molecule has 1 aromatic carbocycles. The number of nitrogens with one attached hydrogen (secondary N) is 1. The first-order valence-corrected chi connectivity index (χ1v) is 11.1. The van der Waals surface area contributed by atoms with E-state index in [1.165, 1.54) is 12.1 Å². The van der Waals surface area contributed by atoms with Gasteiger partial charge in [0.05, 0.1) is 6.61 Å². The van der Waals surface area contributed by atoms with E-state index in [4.69, 9.17) is 4.74 Å². The van der Waals surface area contributed by atoms with Crippen LogP contribution in [0.4, 0.5) is 4.39 Å². The molecule has 1 aliphatic heterocycles. The number of Topliss-reactive ketones (excluding diaryl/α,β-unsaturated/α-hetero) is 1. The summed E-state index contributed by atoms with van der Waals surface area (Å²) in [5.74, 6) is -0.480. The number of rotatable bonds is 7. The predicted octanol–water partition coefficient (Wildman–Crippen LogP) is 3.36. The van der Waals surface area contributed by atoms with Gasteiger partial charge in [0.15, 0.2) is 5.78 Å². The number of thiophene rings is 1. The average molecular weight is 446 g/mol. The van der Waals surface area contributed by atoms with Crippen molar-refractivity contribution in [3.8, 4) is 0 Å². The summed E-state index contributed by atoms with van der Waals surface area (Å²) in [5, 5.41) is 0. The Balaban J connectivity index is 0.00000280. The van der Waals surface area contributed by atoms with Gasteiger partial charge in [-0.2, -0.15) is 13.5 Å². The largest absolute Gasteiger partial charge is 0.380 e. The fourth-order valence-electron chi connectivity index (χ4n) is 3.04. The summed E-state index contributed by atoms with van der Waals surface area (Å²) < 4.78 is 46.7. The van der Waals surface area contributed by atoms with Crippen LogP contribution in [0.15, 0.2) is 28.5 Å². The third-order valence-corrected chi connectivity index (χ3v) is 7.78. The van der Waals surface area contributed by atoms with Crippen molar-refractivity contribution in [2.45, 2.75) is 43.4 Å². The highest BCUT2D eigenvalue weighted by molar-refractivity contribution is 7.91. The van der Waals surface area contributed by atoms with Crippen LogP contribution in [0.2, 0.25) is 0 Å². The number of carbonyl (C=O) groups is 1. The molecule has 1 saturated heterocycles. The molecular formula is C19H24FNO4S3. The minimum absolute atomic E-state index is 0. The number of ketones is 1. The lowest BCUT2D eigenvalue weighted by Gasteiger charge is -2.09. The number of sulfonamides is 1. The molecule has 0 aliphatic carbocycles. The highest BCUT2D eigenvalue weighted by Gasteiger charge is 2.27. The molecule has 9 heteroatoms. The lowest BCUT2D eigenvalue weighted by Crippen LogP contribution is -2.34. The van der Waals surface area contributed by atoms with Crippen LogP contribution >= 0.6 is 24.8 Å². The summed E-state index contributed by atoms with van der Waals surface area (Å²) in [4.78, 5) is 13.5. The third kappa shape index (κ3) is 5.21. The van der Waals surface area contributed by atoms with Crippen molar-refractivity contribution in [1.82, 2.24) is 4.72 Å². The Morgan fingerprint density at radius 3 is 2.71 bits per heavy atom. The van der Waals surface area contributed by atoms with Crippen LogP contribution in [0.25, 0.3) is 0 Å². The van der Waals surface area contributed by atoms with Crippen LogP contribution in [-0.2, 0) is 27.6 Å². The topological polar surface area (TPSA) is 72.5 Å². The summed E-state index contributed by atoms with van der Waals surface area (Å²) in [6.45, 7) is 4.44. The molecule has 1 fully saturated rings. The van der Waals surface area contributed by atoms with Crippen LogP contribution in [-0.4, -0.2) is 33.5 Å². The fourth-order valence-corrected chi connectivity index (χ4v) is 5.78. The second-order valence-electron chi connectivity index (χ2n) is 6.62. The molecule has 1 N–H and O–H groups in total. The smallest absolute Gasteiger partial charge is 0.250 e. The zero-order chi connectivity index (χ0) is 19.6. The van der Waals surface area contributed by atoms with E-state index in [2.05, 4.69) is 4.72 Å². The Labute approximate surface area is 175 Å². The lowest BCUT2D eigenvalue weighted by atomic mass is 10.0. The maximum absolute atomic E-state index is 13.4. The SMILES string of the molecule is CCc1sc(S(=O)(=O)N[C@H]2CCOC2)cc1C(=O)Cc1ccc(F)c(C)c1.S. The van der Waals surface area contributed by atoms with Crippen LogP contribution in [0.5, 0.6) is 0 Å². The molecular weight excluding hydrogens is 421 g/mol. The molecule has 0 unspecified atom stereocenters. The molecule has 1 aliphatic rings. The van der Waals surface area contributed by atoms with Gasteiger partial charge in [0.25, 0.3) is 0 Å². The number of hydrogen-bond donors (Lipinski definition) is 1. The standard InChI is InChI=1S/C19H22FNO4S2.H2S/c1-3-18-15(17(22)9-13-4-5-16(20)12(2)8-13)10-19(26-18)27(23,24)21-14-6-7-25-11-14;/h4-5,8,10,14,21H,3,6-7,9,11H2,1-2H3;1H2/t14-;/m0./s1. The molecule has 5 nitrogen and oxygen atoms in total. The monoisotopic (exact) mass is 445 g/mol. The van der Waals surface area contributed by atoms with E-state index in [1.807, 2.05) is 6.92 Å². The van der Waals surface area contributed by atoms with E-state index in [-0.39, 0.29) is 41.8 Å². The summed E-state index contributed by atoms with van der Waals surface area (Å²) in [6, 6.07) is 5.79.